The first-order valence-corrected chi connectivity index (χ1v) is 13.0. The maximum atomic E-state index is 11.6. The van der Waals surface area contributed by atoms with Crippen molar-refractivity contribution in [2.24, 2.45) is 0 Å². The molecule has 188 valence electrons. The van der Waals surface area contributed by atoms with Crippen molar-refractivity contribution in [1.82, 2.24) is 0 Å². The molecule has 2 rings (SSSR count). The number of rotatable bonds is 11. The second-order valence-electron chi connectivity index (χ2n) is 11.7. The molecule has 1 unspecified atom stereocenters. The van der Waals surface area contributed by atoms with Crippen LogP contribution in [0.3, 0.4) is 0 Å². The van der Waals surface area contributed by atoms with E-state index in [1.807, 2.05) is 0 Å². The summed E-state index contributed by atoms with van der Waals surface area (Å²) >= 11 is 0. The van der Waals surface area contributed by atoms with Crippen LogP contribution < -0.4 is 4.74 Å². The van der Waals surface area contributed by atoms with Crippen molar-refractivity contribution in [2.75, 3.05) is 6.61 Å². The highest BCUT2D eigenvalue weighted by atomic mass is 16.5. The van der Waals surface area contributed by atoms with E-state index in [1.54, 1.807) is 6.08 Å². The molecule has 0 spiro atoms. The van der Waals surface area contributed by atoms with E-state index < -0.39 is 0 Å². The number of phenols is 1. The van der Waals surface area contributed by atoms with Crippen LogP contribution >= 0.6 is 0 Å². The number of benzene rings is 2. The summed E-state index contributed by atoms with van der Waals surface area (Å²) in [5.74, 6) is 1.26. The molecule has 0 saturated heterocycles. The highest BCUT2D eigenvalue weighted by molar-refractivity contribution is 5.55. The van der Waals surface area contributed by atoms with E-state index in [0.717, 1.165) is 41.7 Å². The SMILES string of the molecule is C=CCOc1ccc(C(C)(C)CC)cc1C(C)c1cc(C(C)(C)CC)cc(C(C)(C)CC)c1O. The van der Waals surface area contributed by atoms with Crippen molar-refractivity contribution < 1.29 is 9.84 Å². The fourth-order valence-electron chi connectivity index (χ4n) is 4.25. The van der Waals surface area contributed by atoms with Crippen molar-refractivity contribution in [3.05, 3.63) is 70.8 Å². The first kappa shape index (κ1) is 28.0. The van der Waals surface area contributed by atoms with Gasteiger partial charge in [0.1, 0.15) is 18.1 Å². The molecule has 0 bridgehead atoms. The van der Waals surface area contributed by atoms with Crippen molar-refractivity contribution >= 4 is 0 Å². The van der Waals surface area contributed by atoms with Gasteiger partial charge in [-0.15, -0.1) is 0 Å². The summed E-state index contributed by atoms with van der Waals surface area (Å²) in [4.78, 5) is 0. The lowest BCUT2D eigenvalue weighted by atomic mass is 9.73. The lowest BCUT2D eigenvalue weighted by molar-refractivity contribution is 0.357. The van der Waals surface area contributed by atoms with Gasteiger partial charge in [-0.05, 0) is 52.7 Å². The molecule has 2 nitrogen and oxygen atoms in total. The lowest BCUT2D eigenvalue weighted by Gasteiger charge is -2.32. The molecule has 0 heterocycles. The second kappa shape index (κ2) is 10.6. The van der Waals surface area contributed by atoms with E-state index in [2.05, 4.69) is 106 Å². The van der Waals surface area contributed by atoms with Crippen molar-refractivity contribution in [1.29, 1.82) is 0 Å². The van der Waals surface area contributed by atoms with Crippen LogP contribution in [0.4, 0.5) is 0 Å². The predicted octanol–water partition coefficient (Wildman–Crippen LogP) is 9.17. The Kier molecular flexibility index (Phi) is 8.72. The zero-order valence-electron chi connectivity index (χ0n) is 23.4. The van der Waals surface area contributed by atoms with Gasteiger partial charge < -0.3 is 9.84 Å². The van der Waals surface area contributed by atoms with Crippen LogP contribution in [0.2, 0.25) is 0 Å². The molecular formula is C32H48O2. The number of phenolic OH excluding ortho intramolecular Hbond substituents is 1. The topological polar surface area (TPSA) is 29.5 Å². The molecule has 0 fully saturated rings. The molecule has 2 heteroatoms. The van der Waals surface area contributed by atoms with Crippen LogP contribution in [0.1, 0.15) is 122 Å². The van der Waals surface area contributed by atoms with Crippen molar-refractivity contribution in [2.45, 2.75) is 111 Å². The van der Waals surface area contributed by atoms with E-state index in [-0.39, 0.29) is 22.2 Å². The van der Waals surface area contributed by atoms with Crippen LogP contribution in [0.25, 0.3) is 0 Å². The zero-order chi connectivity index (χ0) is 25.9. The Hall–Kier alpha value is -2.22. The third kappa shape index (κ3) is 5.70. The van der Waals surface area contributed by atoms with Crippen LogP contribution in [-0.2, 0) is 16.2 Å². The Labute approximate surface area is 209 Å². The van der Waals surface area contributed by atoms with Crippen LogP contribution in [-0.4, -0.2) is 11.7 Å². The highest BCUT2D eigenvalue weighted by Gasteiger charge is 2.31. The lowest BCUT2D eigenvalue weighted by Crippen LogP contribution is -2.21. The van der Waals surface area contributed by atoms with Gasteiger partial charge >= 0.3 is 0 Å². The van der Waals surface area contributed by atoms with Gasteiger partial charge in [-0.3, -0.25) is 0 Å². The van der Waals surface area contributed by atoms with Gasteiger partial charge in [0, 0.05) is 22.6 Å². The summed E-state index contributed by atoms with van der Waals surface area (Å²) < 4.78 is 6.11. The van der Waals surface area contributed by atoms with E-state index in [4.69, 9.17) is 4.74 Å². The average molecular weight is 465 g/mol. The Morgan fingerprint density at radius 3 is 1.88 bits per heavy atom. The molecule has 0 amide bonds. The monoisotopic (exact) mass is 464 g/mol. The fourth-order valence-corrected chi connectivity index (χ4v) is 4.25. The second-order valence-corrected chi connectivity index (χ2v) is 11.7. The summed E-state index contributed by atoms with van der Waals surface area (Å²) in [7, 11) is 0. The Bertz CT molecular complexity index is 994. The van der Waals surface area contributed by atoms with E-state index in [9.17, 15) is 5.11 Å². The van der Waals surface area contributed by atoms with Crippen LogP contribution in [0, 0.1) is 0 Å². The van der Waals surface area contributed by atoms with Crippen LogP contribution in [0.5, 0.6) is 11.5 Å². The molecule has 1 atom stereocenters. The molecule has 1 N–H and O–H groups in total. The number of hydrogen-bond acceptors (Lipinski definition) is 2. The van der Waals surface area contributed by atoms with E-state index >= 15 is 0 Å². The minimum absolute atomic E-state index is 0.0218. The van der Waals surface area contributed by atoms with Gasteiger partial charge in [0.2, 0.25) is 0 Å². The smallest absolute Gasteiger partial charge is 0.123 e. The molecule has 2 aromatic carbocycles. The van der Waals surface area contributed by atoms with Gasteiger partial charge in [-0.25, -0.2) is 0 Å². The molecule has 0 aliphatic rings. The zero-order valence-corrected chi connectivity index (χ0v) is 23.4. The third-order valence-electron chi connectivity index (χ3n) is 8.38. The molecule has 0 aliphatic carbocycles. The fraction of sp³-hybridized carbons (Fsp3) is 0.562. The third-order valence-corrected chi connectivity index (χ3v) is 8.38. The Balaban J connectivity index is 2.82. The van der Waals surface area contributed by atoms with Gasteiger partial charge in [-0.2, -0.15) is 0 Å². The Morgan fingerprint density at radius 1 is 0.824 bits per heavy atom. The highest BCUT2D eigenvalue weighted by Crippen LogP contribution is 2.45. The van der Waals surface area contributed by atoms with Gasteiger partial charge in [0.15, 0.2) is 0 Å². The van der Waals surface area contributed by atoms with E-state index in [1.165, 1.54) is 11.1 Å². The standard InChI is InChI=1S/C32H48O2/c1-12-18-34-28-17-16-23(30(6,7)13-2)19-25(28)22(5)26-20-24(31(8,9)14-3)21-27(29(26)33)32(10,11)15-4/h12,16-17,19-22,33H,1,13-15,18H2,2-11H3. The average Bonchev–Trinajstić information content (AvgIpc) is 2.81. The van der Waals surface area contributed by atoms with Gasteiger partial charge in [0.05, 0.1) is 0 Å². The molecule has 0 aromatic heterocycles. The molecule has 0 aliphatic heterocycles. The van der Waals surface area contributed by atoms with Gasteiger partial charge in [-0.1, -0.05) is 106 Å². The molecule has 0 saturated carbocycles. The Morgan fingerprint density at radius 2 is 1.35 bits per heavy atom. The summed E-state index contributed by atoms with van der Waals surface area (Å²) in [5.41, 5.74) is 5.67. The first-order valence-electron chi connectivity index (χ1n) is 13.0. The van der Waals surface area contributed by atoms with Crippen molar-refractivity contribution in [3.8, 4) is 11.5 Å². The summed E-state index contributed by atoms with van der Waals surface area (Å²) in [6.45, 7) is 26.7. The minimum atomic E-state index is -0.118. The van der Waals surface area contributed by atoms with Crippen molar-refractivity contribution in [3.63, 3.8) is 0 Å². The first-order chi connectivity index (χ1) is 15.8. The maximum absolute atomic E-state index is 11.6. The summed E-state index contributed by atoms with van der Waals surface area (Å²) in [5, 5.41) is 11.6. The maximum Gasteiger partial charge on any atom is 0.123 e. The number of ether oxygens (including phenoxy) is 1. The molecule has 0 radical (unpaired) electrons. The minimum Gasteiger partial charge on any atom is -0.507 e. The number of aromatic hydroxyl groups is 1. The number of hydrogen-bond donors (Lipinski definition) is 1. The quantitative estimate of drug-likeness (QED) is 0.336. The van der Waals surface area contributed by atoms with Gasteiger partial charge in [0.25, 0.3) is 0 Å². The summed E-state index contributed by atoms with van der Waals surface area (Å²) in [6.07, 6.45) is 4.82. The molecule has 2 aromatic rings. The predicted molar refractivity (Wildman–Crippen MR) is 148 cm³/mol. The summed E-state index contributed by atoms with van der Waals surface area (Å²) in [6, 6.07) is 11.0. The molecular weight excluding hydrogens is 416 g/mol. The van der Waals surface area contributed by atoms with Crippen LogP contribution in [0.15, 0.2) is 43.0 Å². The molecule has 34 heavy (non-hydrogen) atoms. The van der Waals surface area contributed by atoms with E-state index in [0.29, 0.717) is 12.4 Å². The normalized spacial score (nSPS) is 13.6. The largest absolute Gasteiger partial charge is 0.507 e.